The number of amides is 1. The largest absolute Gasteiger partial charge is 0.490 e. The topological polar surface area (TPSA) is 42.0 Å². The molecule has 0 bridgehead atoms. The summed E-state index contributed by atoms with van der Waals surface area (Å²) < 4.78 is 25.6. The molecular formula is C20H27FN2O3. The number of halogens is 1. The van der Waals surface area contributed by atoms with E-state index in [1.807, 2.05) is 0 Å². The average Bonchev–Trinajstić information content (AvgIpc) is 2.65. The molecule has 142 valence electrons. The second-order valence-electron chi connectivity index (χ2n) is 7.51. The number of nitrogens with zero attached hydrogens (tertiary/aromatic N) is 2. The Balaban J connectivity index is 1.31. The molecule has 2 heterocycles. The van der Waals surface area contributed by atoms with Gasteiger partial charge in [0.1, 0.15) is 17.7 Å². The van der Waals surface area contributed by atoms with Crippen LogP contribution in [0.1, 0.15) is 42.5 Å². The van der Waals surface area contributed by atoms with Crippen molar-refractivity contribution in [3.63, 3.8) is 0 Å². The number of hydrogen-bond acceptors (Lipinski definition) is 4. The molecule has 1 aromatic rings. The molecule has 1 aliphatic carbocycles. The van der Waals surface area contributed by atoms with Gasteiger partial charge >= 0.3 is 0 Å². The van der Waals surface area contributed by atoms with Crippen LogP contribution in [0.5, 0.6) is 5.75 Å². The van der Waals surface area contributed by atoms with Gasteiger partial charge in [-0.15, -0.1) is 0 Å². The molecule has 0 radical (unpaired) electrons. The number of ether oxygens (including phenoxy) is 2. The zero-order valence-electron chi connectivity index (χ0n) is 15.2. The van der Waals surface area contributed by atoms with Crippen LogP contribution in [0.3, 0.4) is 0 Å². The summed E-state index contributed by atoms with van der Waals surface area (Å²) in [7, 11) is 0. The summed E-state index contributed by atoms with van der Waals surface area (Å²) in [5, 5.41) is 0. The van der Waals surface area contributed by atoms with Crippen LogP contribution in [0.4, 0.5) is 4.39 Å². The van der Waals surface area contributed by atoms with E-state index in [9.17, 15) is 9.18 Å². The molecule has 2 aliphatic heterocycles. The zero-order chi connectivity index (χ0) is 17.9. The summed E-state index contributed by atoms with van der Waals surface area (Å²) in [6.45, 7) is 4.44. The molecule has 1 amide bonds. The van der Waals surface area contributed by atoms with Gasteiger partial charge in [0, 0.05) is 38.0 Å². The van der Waals surface area contributed by atoms with Gasteiger partial charge in [0.05, 0.1) is 18.8 Å². The highest BCUT2D eigenvalue weighted by atomic mass is 19.1. The third-order valence-corrected chi connectivity index (χ3v) is 5.75. The fraction of sp³-hybridized carbons (Fsp3) is 0.650. The molecule has 0 atom stereocenters. The van der Waals surface area contributed by atoms with Crippen LogP contribution in [0.25, 0.3) is 0 Å². The number of likely N-dealkylation sites (tertiary alicyclic amines) is 1. The van der Waals surface area contributed by atoms with Crippen molar-refractivity contribution < 1.29 is 18.7 Å². The van der Waals surface area contributed by atoms with Crippen LogP contribution < -0.4 is 4.74 Å². The first-order valence-corrected chi connectivity index (χ1v) is 9.78. The number of hydrogen-bond donors (Lipinski definition) is 0. The van der Waals surface area contributed by atoms with Gasteiger partial charge in [-0.1, -0.05) is 6.42 Å². The van der Waals surface area contributed by atoms with E-state index in [4.69, 9.17) is 9.47 Å². The maximum atomic E-state index is 14.4. The van der Waals surface area contributed by atoms with Gasteiger partial charge in [0.2, 0.25) is 0 Å². The minimum absolute atomic E-state index is 0.110. The highest BCUT2D eigenvalue weighted by Gasteiger charge is 2.35. The van der Waals surface area contributed by atoms with E-state index in [2.05, 4.69) is 4.90 Å². The first-order valence-electron chi connectivity index (χ1n) is 9.78. The lowest BCUT2D eigenvalue weighted by molar-refractivity contribution is 0.00877. The Morgan fingerprint density at radius 1 is 1.08 bits per heavy atom. The lowest BCUT2D eigenvalue weighted by Gasteiger charge is -2.44. The van der Waals surface area contributed by atoms with Gasteiger partial charge in [-0.05, 0) is 38.1 Å². The van der Waals surface area contributed by atoms with E-state index in [0.717, 1.165) is 12.8 Å². The molecule has 26 heavy (non-hydrogen) atoms. The van der Waals surface area contributed by atoms with Crippen LogP contribution in [0.15, 0.2) is 18.2 Å². The highest BCUT2D eigenvalue weighted by Crippen LogP contribution is 2.32. The molecule has 5 nitrogen and oxygen atoms in total. The van der Waals surface area contributed by atoms with Crippen molar-refractivity contribution in [2.75, 3.05) is 39.4 Å². The summed E-state index contributed by atoms with van der Waals surface area (Å²) in [6.07, 6.45) is 6.11. The van der Waals surface area contributed by atoms with Crippen molar-refractivity contribution in [1.29, 1.82) is 0 Å². The summed E-state index contributed by atoms with van der Waals surface area (Å²) >= 11 is 0. The summed E-state index contributed by atoms with van der Waals surface area (Å²) in [5.74, 6) is -0.264. The van der Waals surface area contributed by atoms with E-state index in [0.29, 0.717) is 38.1 Å². The standard InChI is InChI=1S/C20H27FN2O3/c21-19-14-16(4-5-18(19)20(24)23-8-10-25-11-9-23)26-17-12-15(13-17)22-6-2-1-3-7-22/h4-5,14-15,17H,1-3,6-13H2. The Bertz CT molecular complexity index is 636. The third-order valence-electron chi connectivity index (χ3n) is 5.75. The zero-order valence-corrected chi connectivity index (χ0v) is 15.2. The smallest absolute Gasteiger partial charge is 0.256 e. The van der Waals surface area contributed by atoms with Gasteiger partial charge in [-0.3, -0.25) is 4.79 Å². The number of piperidine rings is 1. The van der Waals surface area contributed by atoms with Crippen molar-refractivity contribution in [2.24, 2.45) is 0 Å². The Labute approximate surface area is 154 Å². The predicted molar refractivity (Wildman–Crippen MR) is 96.0 cm³/mol. The first-order chi connectivity index (χ1) is 12.7. The lowest BCUT2D eigenvalue weighted by Crippen LogP contribution is -2.50. The maximum Gasteiger partial charge on any atom is 0.256 e. The molecular weight excluding hydrogens is 335 g/mol. The molecule has 0 aromatic heterocycles. The second-order valence-corrected chi connectivity index (χ2v) is 7.51. The van der Waals surface area contributed by atoms with Crippen molar-refractivity contribution in [3.8, 4) is 5.75 Å². The van der Waals surface area contributed by atoms with Crippen LogP contribution >= 0.6 is 0 Å². The Morgan fingerprint density at radius 3 is 2.50 bits per heavy atom. The lowest BCUT2D eigenvalue weighted by atomic mass is 9.86. The molecule has 2 saturated heterocycles. The number of morpholine rings is 1. The van der Waals surface area contributed by atoms with Crippen LogP contribution in [0.2, 0.25) is 0 Å². The fourth-order valence-corrected chi connectivity index (χ4v) is 4.09. The van der Waals surface area contributed by atoms with Crippen molar-refractivity contribution in [3.05, 3.63) is 29.6 Å². The molecule has 3 fully saturated rings. The van der Waals surface area contributed by atoms with Crippen LogP contribution in [-0.4, -0.2) is 67.2 Å². The maximum absolute atomic E-state index is 14.4. The van der Waals surface area contributed by atoms with Crippen molar-refractivity contribution in [2.45, 2.75) is 44.2 Å². The SMILES string of the molecule is O=C(c1ccc(OC2CC(N3CCCCC3)C2)cc1F)N1CCOCC1. The Morgan fingerprint density at radius 2 is 1.81 bits per heavy atom. The van der Waals surface area contributed by atoms with E-state index in [1.165, 1.54) is 38.4 Å². The summed E-state index contributed by atoms with van der Waals surface area (Å²) in [4.78, 5) is 16.6. The number of carbonyl (C=O) groups is 1. The summed E-state index contributed by atoms with van der Waals surface area (Å²) in [6, 6.07) is 5.23. The van der Waals surface area contributed by atoms with Gasteiger partial charge in [0.15, 0.2) is 0 Å². The quantitative estimate of drug-likeness (QED) is 0.826. The van der Waals surface area contributed by atoms with E-state index >= 15 is 0 Å². The average molecular weight is 362 g/mol. The second kappa shape index (κ2) is 7.92. The highest BCUT2D eigenvalue weighted by molar-refractivity contribution is 5.94. The Hall–Kier alpha value is -1.66. The third kappa shape index (κ3) is 3.86. The molecule has 3 aliphatic rings. The van der Waals surface area contributed by atoms with Crippen LogP contribution in [-0.2, 0) is 4.74 Å². The monoisotopic (exact) mass is 362 g/mol. The van der Waals surface area contributed by atoms with Crippen LogP contribution in [0, 0.1) is 5.82 Å². The fourth-order valence-electron chi connectivity index (χ4n) is 4.09. The van der Waals surface area contributed by atoms with Gasteiger partial charge < -0.3 is 19.3 Å². The molecule has 0 spiro atoms. The normalized spacial score (nSPS) is 27.0. The molecule has 0 unspecified atom stereocenters. The van der Waals surface area contributed by atoms with Gasteiger partial charge in [-0.25, -0.2) is 4.39 Å². The minimum Gasteiger partial charge on any atom is -0.490 e. The molecule has 6 heteroatoms. The minimum atomic E-state index is -0.508. The Kier molecular flexibility index (Phi) is 5.41. The predicted octanol–water partition coefficient (Wildman–Crippen LogP) is 2.69. The molecule has 0 N–H and O–H groups in total. The van der Waals surface area contributed by atoms with E-state index < -0.39 is 5.82 Å². The van der Waals surface area contributed by atoms with Crippen molar-refractivity contribution >= 4 is 5.91 Å². The first kappa shape index (κ1) is 17.7. The molecule has 1 aromatic carbocycles. The van der Waals surface area contributed by atoms with Crippen molar-refractivity contribution in [1.82, 2.24) is 9.80 Å². The van der Waals surface area contributed by atoms with E-state index in [-0.39, 0.29) is 17.6 Å². The number of carbonyl (C=O) groups excluding carboxylic acids is 1. The summed E-state index contributed by atoms with van der Waals surface area (Å²) in [5.41, 5.74) is 0.110. The molecule has 4 rings (SSSR count). The number of rotatable bonds is 4. The van der Waals surface area contributed by atoms with E-state index in [1.54, 1.807) is 17.0 Å². The number of benzene rings is 1. The van der Waals surface area contributed by atoms with Gasteiger partial charge in [-0.2, -0.15) is 0 Å². The molecule has 1 saturated carbocycles. The van der Waals surface area contributed by atoms with Gasteiger partial charge in [0.25, 0.3) is 5.91 Å².